The molecule has 0 atom stereocenters. The summed E-state index contributed by atoms with van der Waals surface area (Å²) in [5, 5.41) is 1.18. The summed E-state index contributed by atoms with van der Waals surface area (Å²) in [5.74, 6) is -3.94. The molecule has 0 bridgehead atoms. The molecular weight excluding hydrogens is 420 g/mol. The van der Waals surface area contributed by atoms with E-state index in [-0.39, 0.29) is 24.2 Å². The van der Waals surface area contributed by atoms with Gasteiger partial charge in [-0.3, -0.25) is 0 Å². The van der Waals surface area contributed by atoms with Crippen LogP contribution < -0.4 is 0 Å². The van der Waals surface area contributed by atoms with Crippen LogP contribution in [0.15, 0.2) is 42.5 Å². The van der Waals surface area contributed by atoms with Crippen molar-refractivity contribution in [2.75, 3.05) is 13.2 Å². The molecule has 1 saturated heterocycles. The Hall–Kier alpha value is -2.44. The van der Waals surface area contributed by atoms with Gasteiger partial charge in [-0.2, -0.15) is 0 Å². The summed E-state index contributed by atoms with van der Waals surface area (Å²) in [7, 11) is 0. The van der Waals surface area contributed by atoms with E-state index in [9.17, 15) is 13.2 Å². The summed E-state index contributed by atoms with van der Waals surface area (Å²) in [6.07, 6.45) is 3.37. The average Bonchev–Trinajstić information content (AvgIpc) is 2.81. The van der Waals surface area contributed by atoms with Gasteiger partial charge in [0.2, 0.25) is 0 Å². The molecule has 1 aliphatic heterocycles. The van der Waals surface area contributed by atoms with Crippen molar-refractivity contribution in [2.45, 2.75) is 45.3 Å². The van der Waals surface area contributed by atoms with Crippen LogP contribution in [0.4, 0.5) is 17.6 Å². The van der Waals surface area contributed by atoms with Crippen LogP contribution in [0.25, 0.3) is 10.8 Å². The van der Waals surface area contributed by atoms with Gasteiger partial charge in [0.1, 0.15) is 5.82 Å². The molecule has 0 spiro atoms. The number of benzene rings is 3. The molecule has 3 aromatic rings. The minimum absolute atomic E-state index is 0.192. The van der Waals surface area contributed by atoms with E-state index in [1.807, 2.05) is 12.1 Å². The molecule has 0 aliphatic carbocycles. The zero-order valence-corrected chi connectivity index (χ0v) is 18.0. The predicted octanol–water partition coefficient (Wildman–Crippen LogP) is 7.03. The third-order valence-corrected chi connectivity index (χ3v) is 5.99. The standard InChI is InChI=1S/C26H26F4O2/c1-2-3-4-17-14-31-26(32-15-17)20-9-10-21-19(13-20)8-7-18(24(21)29)6-5-16-11-22(27)25(30)23(28)12-16/h7-13,17,26H,2-6,14-15H2,1H3. The molecule has 0 saturated carbocycles. The van der Waals surface area contributed by atoms with Crippen LogP contribution in [0.2, 0.25) is 0 Å². The molecule has 6 heteroatoms. The Morgan fingerprint density at radius 3 is 2.25 bits per heavy atom. The van der Waals surface area contributed by atoms with E-state index >= 15 is 4.39 Å². The Labute approximate surface area is 185 Å². The zero-order valence-electron chi connectivity index (χ0n) is 18.0. The highest BCUT2D eigenvalue weighted by atomic mass is 19.2. The Bertz CT molecular complexity index is 1070. The molecule has 0 aromatic heterocycles. The number of unbranched alkanes of at least 4 members (excludes halogenated alkanes) is 1. The first kappa shape index (κ1) is 22.7. The highest BCUT2D eigenvalue weighted by molar-refractivity contribution is 5.84. The maximum absolute atomic E-state index is 15.1. The number of hydrogen-bond donors (Lipinski definition) is 0. The first-order valence-electron chi connectivity index (χ1n) is 11.0. The molecule has 0 amide bonds. The van der Waals surface area contributed by atoms with Gasteiger partial charge in [-0.25, -0.2) is 17.6 Å². The van der Waals surface area contributed by atoms with E-state index in [4.69, 9.17) is 9.47 Å². The number of rotatable bonds is 7. The Morgan fingerprint density at radius 2 is 1.56 bits per heavy atom. The number of fused-ring (bicyclic) bond motifs is 1. The van der Waals surface area contributed by atoms with E-state index in [2.05, 4.69) is 6.92 Å². The molecule has 1 fully saturated rings. The molecule has 2 nitrogen and oxygen atoms in total. The molecule has 0 N–H and O–H groups in total. The van der Waals surface area contributed by atoms with Crippen molar-refractivity contribution in [1.82, 2.24) is 0 Å². The lowest BCUT2D eigenvalue weighted by atomic mass is 9.98. The largest absolute Gasteiger partial charge is 0.348 e. The molecule has 4 rings (SSSR count). The van der Waals surface area contributed by atoms with Crippen molar-refractivity contribution in [1.29, 1.82) is 0 Å². The van der Waals surface area contributed by atoms with Crippen molar-refractivity contribution < 1.29 is 27.0 Å². The summed E-state index contributed by atoms with van der Waals surface area (Å²) in [6, 6.07) is 10.7. The first-order valence-corrected chi connectivity index (χ1v) is 11.0. The van der Waals surface area contributed by atoms with Crippen LogP contribution in [0.1, 0.15) is 49.2 Å². The lowest BCUT2D eigenvalue weighted by Crippen LogP contribution is -2.27. The molecular formula is C26H26F4O2. The van der Waals surface area contributed by atoms with E-state index in [1.54, 1.807) is 18.2 Å². The smallest absolute Gasteiger partial charge is 0.194 e. The van der Waals surface area contributed by atoms with E-state index in [0.717, 1.165) is 42.3 Å². The minimum atomic E-state index is -1.50. The fraction of sp³-hybridized carbons (Fsp3) is 0.385. The molecule has 1 heterocycles. The van der Waals surface area contributed by atoms with Gasteiger partial charge in [-0.1, -0.05) is 44.0 Å². The van der Waals surface area contributed by atoms with E-state index in [1.165, 1.54) is 0 Å². The Morgan fingerprint density at radius 1 is 0.844 bits per heavy atom. The van der Waals surface area contributed by atoms with Crippen molar-refractivity contribution >= 4 is 10.8 Å². The quantitative estimate of drug-likeness (QED) is 0.286. The lowest BCUT2D eigenvalue weighted by molar-refractivity contribution is -0.206. The van der Waals surface area contributed by atoms with Crippen LogP contribution >= 0.6 is 0 Å². The molecule has 0 radical (unpaired) electrons. The molecule has 32 heavy (non-hydrogen) atoms. The van der Waals surface area contributed by atoms with Crippen LogP contribution in [-0.2, 0) is 22.3 Å². The van der Waals surface area contributed by atoms with E-state index < -0.39 is 23.7 Å². The number of aryl methyl sites for hydroxylation is 2. The van der Waals surface area contributed by atoms with Crippen LogP contribution in [0, 0.1) is 29.2 Å². The van der Waals surface area contributed by atoms with Gasteiger partial charge < -0.3 is 9.47 Å². The van der Waals surface area contributed by atoms with Gasteiger partial charge in [0, 0.05) is 16.9 Å². The topological polar surface area (TPSA) is 18.5 Å². The third kappa shape index (κ3) is 4.97. The Kier molecular flexibility index (Phi) is 7.11. The normalized spacial score (nSPS) is 18.9. The summed E-state index contributed by atoms with van der Waals surface area (Å²) in [5.41, 5.74) is 1.55. The number of hydrogen-bond acceptors (Lipinski definition) is 2. The lowest BCUT2D eigenvalue weighted by Gasteiger charge is -2.29. The maximum Gasteiger partial charge on any atom is 0.194 e. The second kappa shape index (κ2) is 10.0. The van der Waals surface area contributed by atoms with Crippen LogP contribution in [-0.4, -0.2) is 13.2 Å². The zero-order chi connectivity index (χ0) is 22.7. The fourth-order valence-corrected chi connectivity index (χ4v) is 4.12. The highest BCUT2D eigenvalue weighted by Gasteiger charge is 2.23. The highest BCUT2D eigenvalue weighted by Crippen LogP contribution is 2.31. The number of halogens is 4. The number of ether oxygens (including phenoxy) is 2. The average molecular weight is 446 g/mol. The fourth-order valence-electron chi connectivity index (χ4n) is 4.12. The minimum Gasteiger partial charge on any atom is -0.348 e. The van der Waals surface area contributed by atoms with Gasteiger partial charge in [0.15, 0.2) is 23.7 Å². The molecule has 1 aliphatic rings. The first-order chi connectivity index (χ1) is 15.5. The van der Waals surface area contributed by atoms with Crippen LogP contribution in [0.3, 0.4) is 0 Å². The Balaban J connectivity index is 1.46. The predicted molar refractivity (Wildman–Crippen MR) is 115 cm³/mol. The van der Waals surface area contributed by atoms with Crippen molar-refractivity contribution in [3.05, 3.63) is 82.4 Å². The van der Waals surface area contributed by atoms with Gasteiger partial charge >= 0.3 is 0 Å². The van der Waals surface area contributed by atoms with Gasteiger partial charge in [0.05, 0.1) is 13.2 Å². The van der Waals surface area contributed by atoms with Crippen molar-refractivity contribution in [3.8, 4) is 0 Å². The van der Waals surface area contributed by atoms with Crippen molar-refractivity contribution in [3.63, 3.8) is 0 Å². The van der Waals surface area contributed by atoms with E-state index in [0.29, 0.717) is 30.1 Å². The summed E-state index contributed by atoms with van der Waals surface area (Å²) < 4.78 is 66.8. The van der Waals surface area contributed by atoms with Gasteiger partial charge in [0.25, 0.3) is 0 Å². The summed E-state index contributed by atoms with van der Waals surface area (Å²) in [6.45, 7) is 3.47. The maximum atomic E-state index is 15.1. The van der Waals surface area contributed by atoms with Crippen molar-refractivity contribution in [2.24, 2.45) is 5.92 Å². The van der Waals surface area contributed by atoms with Crippen LogP contribution in [0.5, 0.6) is 0 Å². The monoisotopic (exact) mass is 446 g/mol. The summed E-state index contributed by atoms with van der Waals surface area (Å²) >= 11 is 0. The third-order valence-electron chi connectivity index (χ3n) is 5.99. The van der Waals surface area contributed by atoms with Gasteiger partial charge in [-0.05, 0) is 54.0 Å². The SMILES string of the molecule is CCCCC1COC(c2ccc3c(F)c(CCc4cc(F)c(F)c(F)c4)ccc3c2)OC1. The molecule has 170 valence electrons. The second-order valence-corrected chi connectivity index (χ2v) is 8.40. The molecule has 3 aromatic carbocycles. The van der Waals surface area contributed by atoms with Gasteiger partial charge in [-0.15, -0.1) is 0 Å². The summed E-state index contributed by atoms with van der Waals surface area (Å²) in [4.78, 5) is 0. The second-order valence-electron chi connectivity index (χ2n) is 8.40. The molecule has 0 unspecified atom stereocenters.